The highest BCUT2D eigenvalue weighted by molar-refractivity contribution is 5.85. The molecule has 2 rings (SSSR count). The molecule has 2 heterocycles. The number of likely N-dealkylation sites (tertiary alicyclic amines) is 1. The summed E-state index contributed by atoms with van der Waals surface area (Å²) in [6.07, 6.45) is 3.86. The van der Waals surface area contributed by atoms with Crippen molar-refractivity contribution >= 4 is 24.2 Å². The van der Waals surface area contributed by atoms with Gasteiger partial charge in [-0.05, 0) is 45.8 Å². The average molecular weight is 319 g/mol. The van der Waals surface area contributed by atoms with Gasteiger partial charge in [0.25, 0.3) is 0 Å². The molecule has 0 aromatic rings. The fourth-order valence-corrected chi connectivity index (χ4v) is 3.13. The quantitative estimate of drug-likeness (QED) is 0.753. The zero-order valence-corrected chi connectivity index (χ0v) is 13.5. The van der Waals surface area contributed by atoms with E-state index in [0.29, 0.717) is 19.1 Å². The molecule has 0 bridgehead atoms. The second-order valence-electron chi connectivity index (χ2n) is 5.98. The van der Waals surface area contributed by atoms with Crippen LogP contribution in [0.5, 0.6) is 0 Å². The summed E-state index contributed by atoms with van der Waals surface area (Å²) in [5, 5.41) is 3.33. The van der Waals surface area contributed by atoms with Gasteiger partial charge in [-0.2, -0.15) is 0 Å². The molecule has 0 spiro atoms. The first kappa shape index (κ1) is 18.2. The molecule has 122 valence electrons. The van der Waals surface area contributed by atoms with Crippen LogP contribution in [0.25, 0.3) is 0 Å². The fourth-order valence-electron chi connectivity index (χ4n) is 3.13. The Morgan fingerprint density at radius 3 is 2.57 bits per heavy atom. The van der Waals surface area contributed by atoms with Crippen molar-refractivity contribution in [2.45, 2.75) is 31.7 Å². The number of nitrogens with one attached hydrogen (secondary N) is 1. The number of rotatable bonds is 4. The molecule has 2 aliphatic heterocycles. The Balaban J connectivity index is 0.00000220. The van der Waals surface area contributed by atoms with Crippen molar-refractivity contribution < 1.29 is 9.59 Å². The number of primary amides is 1. The van der Waals surface area contributed by atoms with E-state index in [-0.39, 0.29) is 30.1 Å². The second-order valence-corrected chi connectivity index (χ2v) is 5.98. The monoisotopic (exact) mass is 318 g/mol. The number of nitrogens with two attached hydrogens (primary N) is 1. The number of nitrogens with zero attached hydrogens (tertiary/aromatic N) is 2. The van der Waals surface area contributed by atoms with Gasteiger partial charge in [0.15, 0.2) is 0 Å². The average Bonchev–Trinajstić information content (AvgIpc) is 2.48. The van der Waals surface area contributed by atoms with Crippen LogP contribution < -0.4 is 11.1 Å². The highest BCUT2D eigenvalue weighted by Crippen LogP contribution is 2.17. The van der Waals surface area contributed by atoms with Gasteiger partial charge in [0.05, 0.1) is 12.5 Å². The standard InChI is InChI=1S/C14H26N4O2.ClH/c1-17(12-4-6-16-7-5-12)10-13(19)18-8-2-3-11(9-18)14(15)20;/h11-12,16H,2-10H2,1H3,(H2,15,20);1H. The molecule has 2 saturated heterocycles. The normalized spacial score (nSPS) is 23.7. The van der Waals surface area contributed by atoms with Crippen molar-refractivity contribution in [3.8, 4) is 0 Å². The van der Waals surface area contributed by atoms with Crippen LogP contribution >= 0.6 is 12.4 Å². The second kappa shape index (κ2) is 8.56. The molecule has 6 nitrogen and oxygen atoms in total. The molecule has 2 aliphatic rings. The van der Waals surface area contributed by atoms with Crippen LogP contribution in [0.15, 0.2) is 0 Å². The van der Waals surface area contributed by atoms with Crippen LogP contribution in [0.1, 0.15) is 25.7 Å². The van der Waals surface area contributed by atoms with Gasteiger partial charge in [-0.3, -0.25) is 14.5 Å². The minimum Gasteiger partial charge on any atom is -0.369 e. The Morgan fingerprint density at radius 1 is 1.29 bits per heavy atom. The number of carbonyl (C=O) groups excluding carboxylic acids is 2. The van der Waals surface area contributed by atoms with Gasteiger partial charge in [0.1, 0.15) is 0 Å². The lowest BCUT2D eigenvalue weighted by molar-refractivity contribution is -0.136. The van der Waals surface area contributed by atoms with Gasteiger partial charge in [-0.1, -0.05) is 0 Å². The highest BCUT2D eigenvalue weighted by atomic mass is 35.5. The summed E-state index contributed by atoms with van der Waals surface area (Å²) < 4.78 is 0. The lowest BCUT2D eigenvalue weighted by Crippen LogP contribution is -2.49. The Hall–Kier alpha value is -0.850. The zero-order chi connectivity index (χ0) is 14.5. The van der Waals surface area contributed by atoms with Crippen molar-refractivity contribution in [2.24, 2.45) is 11.7 Å². The van der Waals surface area contributed by atoms with Gasteiger partial charge in [0, 0.05) is 19.1 Å². The predicted octanol–water partition coefficient (Wildman–Crippen LogP) is -0.184. The maximum Gasteiger partial charge on any atom is 0.236 e. The first-order chi connectivity index (χ1) is 9.58. The third-order valence-corrected chi connectivity index (χ3v) is 4.49. The van der Waals surface area contributed by atoms with E-state index in [4.69, 9.17) is 5.73 Å². The first-order valence-electron chi connectivity index (χ1n) is 7.56. The predicted molar refractivity (Wildman–Crippen MR) is 84.3 cm³/mol. The summed E-state index contributed by atoms with van der Waals surface area (Å²) in [6, 6.07) is 0.483. The third kappa shape index (κ3) is 5.13. The Bertz CT molecular complexity index is 361. The van der Waals surface area contributed by atoms with Crippen LogP contribution in [0.3, 0.4) is 0 Å². The molecule has 21 heavy (non-hydrogen) atoms. The molecule has 0 aromatic carbocycles. The lowest BCUT2D eigenvalue weighted by atomic mass is 9.97. The first-order valence-corrected chi connectivity index (χ1v) is 7.56. The number of amides is 2. The molecule has 0 aromatic heterocycles. The molecule has 7 heteroatoms. The Morgan fingerprint density at radius 2 is 1.95 bits per heavy atom. The molecular weight excluding hydrogens is 292 g/mol. The van der Waals surface area contributed by atoms with Gasteiger partial charge in [-0.15, -0.1) is 12.4 Å². The van der Waals surface area contributed by atoms with E-state index in [0.717, 1.165) is 45.3 Å². The van der Waals surface area contributed by atoms with E-state index in [2.05, 4.69) is 10.2 Å². The number of hydrogen-bond donors (Lipinski definition) is 2. The molecule has 2 amide bonds. The summed E-state index contributed by atoms with van der Waals surface area (Å²) in [5.74, 6) is -0.330. The molecule has 0 radical (unpaired) electrons. The molecule has 3 N–H and O–H groups in total. The van der Waals surface area contributed by atoms with Crippen molar-refractivity contribution in [3.05, 3.63) is 0 Å². The fraction of sp³-hybridized carbons (Fsp3) is 0.857. The van der Waals surface area contributed by atoms with Gasteiger partial charge >= 0.3 is 0 Å². The highest BCUT2D eigenvalue weighted by Gasteiger charge is 2.28. The molecule has 0 aliphatic carbocycles. The van der Waals surface area contributed by atoms with Crippen molar-refractivity contribution in [1.82, 2.24) is 15.1 Å². The lowest BCUT2D eigenvalue weighted by Gasteiger charge is -2.35. The molecule has 0 saturated carbocycles. The maximum absolute atomic E-state index is 12.3. The topological polar surface area (TPSA) is 78.7 Å². The van der Waals surface area contributed by atoms with E-state index in [9.17, 15) is 9.59 Å². The zero-order valence-electron chi connectivity index (χ0n) is 12.7. The Labute approximate surface area is 132 Å². The minimum absolute atomic E-state index is 0. The number of likely N-dealkylation sites (N-methyl/N-ethyl adjacent to an activating group) is 1. The summed E-state index contributed by atoms with van der Waals surface area (Å²) in [6.45, 7) is 3.74. The molecule has 1 unspecified atom stereocenters. The third-order valence-electron chi connectivity index (χ3n) is 4.49. The van der Waals surface area contributed by atoms with Gasteiger partial charge < -0.3 is 16.0 Å². The number of piperidine rings is 2. The number of carbonyl (C=O) groups is 2. The van der Waals surface area contributed by atoms with Crippen LogP contribution in [-0.2, 0) is 9.59 Å². The molecular formula is C14H27ClN4O2. The summed E-state index contributed by atoms with van der Waals surface area (Å²) in [4.78, 5) is 27.5. The number of halogens is 1. The van der Waals surface area contributed by atoms with E-state index in [1.165, 1.54) is 0 Å². The SMILES string of the molecule is CN(CC(=O)N1CCCC(C(N)=O)C1)C1CCNCC1.Cl. The van der Waals surface area contributed by atoms with E-state index >= 15 is 0 Å². The smallest absolute Gasteiger partial charge is 0.236 e. The number of hydrogen-bond acceptors (Lipinski definition) is 4. The van der Waals surface area contributed by atoms with Crippen LogP contribution in [-0.4, -0.2) is 67.4 Å². The maximum atomic E-state index is 12.3. The van der Waals surface area contributed by atoms with E-state index in [1.54, 1.807) is 4.90 Å². The summed E-state index contributed by atoms with van der Waals surface area (Å²) >= 11 is 0. The summed E-state index contributed by atoms with van der Waals surface area (Å²) in [5.41, 5.74) is 5.35. The van der Waals surface area contributed by atoms with Crippen molar-refractivity contribution in [2.75, 3.05) is 39.8 Å². The molecule has 2 fully saturated rings. The largest absolute Gasteiger partial charge is 0.369 e. The van der Waals surface area contributed by atoms with Gasteiger partial charge in [0.2, 0.25) is 11.8 Å². The van der Waals surface area contributed by atoms with Crippen LogP contribution in [0.4, 0.5) is 0 Å². The Kier molecular flexibility index (Phi) is 7.42. The molecule has 1 atom stereocenters. The van der Waals surface area contributed by atoms with Crippen molar-refractivity contribution in [1.29, 1.82) is 0 Å². The van der Waals surface area contributed by atoms with Crippen LogP contribution in [0, 0.1) is 5.92 Å². The van der Waals surface area contributed by atoms with E-state index in [1.807, 2.05) is 7.05 Å². The summed E-state index contributed by atoms with van der Waals surface area (Å²) in [7, 11) is 2.02. The van der Waals surface area contributed by atoms with E-state index < -0.39 is 0 Å². The van der Waals surface area contributed by atoms with Crippen molar-refractivity contribution in [3.63, 3.8) is 0 Å². The minimum atomic E-state index is -0.283. The van der Waals surface area contributed by atoms with Gasteiger partial charge in [-0.25, -0.2) is 0 Å². The van der Waals surface area contributed by atoms with Crippen LogP contribution in [0.2, 0.25) is 0 Å².